The molecule has 0 aliphatic heterocycles. The van der Waals surface area contributed by atoms with Gasteiger partial charge in [0.25, 0.3) is 0 Å². The van der Waals surface area contributed by atoms with Crippen molar-refractivity contribution in [3.63, 3.8) is 0 Å². The lowest BCUT2D eigenvalue weighted by atomic mass is 10.5. The van der Waals surface area contributed by atoms with Gasteiger partial charge in [-0.2, -0.15) is 0 Å². The van der Waals surface area contributed by atoms with Crippen molar-refractivity contribution >= 4 is 34.4 Å². The monoisotopic (exact) mass is 279 g/mol. The molecule has 0 fully saturated rings. The van der Waals surface area contributed by atoms with Crippen LogP contribution in [0.1, 0.15) is 10.6 Å². The Hall–Kier alpha value is -0.920. The first-order valence-electron chi connectivity index (χ1n) is 3.01. The Kier molecular flexibility index (Phi) is 2.79. The van der Waals surface area contributed by atoms with Crippen LogP contribution in [0.5, 0.6) is 0 Å². The third kappa shape index (κ3) is 1.81. The summed E-state index contributed by atoms with van der Waals surface area (Å²) < 4.78 is 5.12. The average Bonchev–Trinajstić information content (AvgIpc) is 2.08. The van der Waals surface area contributed by atoms with E-state index in [1.807, 2.05) is 22.6 Å². The molecule has 0 atom stereocenters. The fraction of sp³-hybridized carbons (Fsp3) is 0.167. The Morgan fingerprint density at radius 1 is 1.75 bits per heavy atom. The number of carbonyl (C=O) groups is 1. The van der Waals surface area contributed by atoms with E-state index < -0.39 is 5.97 Å². The topological polar surface area (TPSA) is 78.1 Å². The molecule has 0 radical (unpaired) electrons. The maximum atomic E-state index is 10.9. The van der Waals surface area contributed by atoms with Crippen molar-refractivity contribution in [2.24, 2.45) is 0 Å². The number of nitrogens with zero attached hydrogens (tertiary/aromatic N) is 2. The van der Waals surface area contributed by atoms with Gasteiger partial charge in [-0.1, -0.05) is 0 Å². The van der Waals surface area contributed by atoms with Gasteiger partial charge in [0.05, 0.1) is 10.7 Å². The first-order chi connectivity index (χ1) is 5.65. The van der Waals surface area contributed by atoms with Crippen LogP contribution in [0.2, 0.25) is 0 Å². The van der Waals surface area contributed by atoms with E-state index in [1.165, 1.54) is 13.3 Å². The van der Waals surface area contributed by atoms with Crippen LogP contribution in [0.25, 0.3) is 0 Å². The molecule has 64 valence electrons. The summed E-state index contributed by atoms with van der Waals surface area (Å²) in [6.45, 7) is 0. The molecule has 0 aliphatic carbocycles. The van der Waals surface area contributed by atoms with Gasteiger partial charge in [-0.3, -0.25) is 0 Å². The number of esters is 1. The van der Waals surface area contributed by atoms with E-state index in [0.29, 0.717) is 3.57 Å². The number of halogens is 1. The molecule has 0 aromatic carbocycles. The highest BCUT2D eigenvalue weighted by Gasteiger charge is 2.09. The van der Waals surface area contributed by atoms with E-state index in [-0.39, 0.29) is 11.6 Å². The van der Waals surface area contributed by atoms with Crippen molar-refractivity contribution in [1.29, 1.82) is 0 Å². The van der Waals surface area contributed by atoms with Crippen LogP contribution >= 0.6 is 22.6 Å². The molecule has 0 amide bonds. The lowest BCUT2D eigenvalue weighted by Crippen LogP contribution is -2.09. The SMILES string of the molecule is COC(=O)c1ncc(I)c(N)n1. The summed E-state index contributed by atoms with van der Waals surface area (Å²) in [6, 6.07) is 0. The summed E-state index contributed by atoms with van der Waals surface area (Å²) >= 11 is 1.97. The molecule has 1 aromatic heterocycles. The molecule has 0 saturated carbocycles. The molecule has 0 unspecified atom stereocenters. The van der Waals surface area contributed by atoms with E-state index in [0.717, 1.165) is 0 Å². The summed E-state index contributed by atoms with van der Waals surface area (Å²) in [5.41, 5.74) is 5.45. The number of rotatable bonds is 1. The average molecular weight is 279 g/mol. The van der Waals surface area contributed by atoms with Gasteiger partial charge >= 0.3 is 5.97 Å². The summed E-state index contributed by atoms with van der Waals surface area (Å²) in [4.78, 5) is 18.3. The molecule has 1 rings (SSSR count). The molecular formula is C6H6IN3O2. The van der Waals surface area contributed by atoms with E-state index in [4.69, 9.17) is 5.73 Å². The fourth-order valence-electron chi connectivity index (χ4n) is 0.570. The van der Waals surface area contributed by atoms with Gasteiger partial charge in [-0.05, 0) is 22.6 Å². The highest BCUT2D eigenvalue weighted by atomic mass is 127. The molecule has 0 spiro atoms. The molecule has 1 heterocycles. The number of methoxy groups -OCH3 is 1. The Morgan fingerprint density at radius 2 is 2.42 bits per heavy atom. The smallest absolute Gasteiger partial charge is 0.376 e. The third-order valence-corrected chi connectivity index (χ3v) is 1.97. The number of hydrogen-bond acceptors (Lipinski definition) is 5. The molecule has 0 saturated heterocycles. The number of hydrogen-bond donors (Lipinski definition) is 1. The van der Waals surface area contributed by atoms with E-state index in [9.17, 15) is 4.79 Å². The summed E-state index contributed by atoms with van der Waals surface area (Å²) in [5, 5.41) is 0. The van der Waals surface area contributed by atoms with Crippen LogP contribution < -0.4 is 5.73 Å². The maximum absolute atomic E-state index is 10.9. The van der Waals surface area contributed by atoms with Crippen LogP contribution in [0.3, 0.4) is 0 Å². The highest BCUT2D eigenvalue weighted by Crippen LogP contribution is 2.09. The lowest BCUT2D eigenvalue weighted by Gasteiger charge is -1.99. The largest absolute Gasteiger partial charge is 0.463 e. The zero-order chi connectivity index (χ0) is 9.14. The van der Waals surface area contributed by atoms with E-state index >= 15 is 0 Å². The number of ether oxygens (including phenoxy) is 1. The second-order valence-corrected chi connectivity index (χ2v) is 3.08. The van der Waals surface area contributed by atoms with E-state index in [2.05, 4.69) is 14.7 Å². The zero-order valence-electron chi connectivity index (χ0n) is 6.24. The Morgan fingerprint density at radius 3 is 2.92 bits per heavy atom. The highest BCUT2D eigenvalue weighted by molar-refractivity contribution is 14.1. The predicted octanol–water partition coefficient (Wildman–Crippen LogP) is 0.450. The predicted molar refractivity (Wildman–Crippen MR) is 50.5 cm³/mol. The fourth-order valence-corrected chi connectivity index (χ4v) is 0.830. The minimum absolute atomic E-state index is 0.0181. The molecule has 0 aliphatic rings. The van der Waals surface area contributed by atoms with Gasteiger partial charge < -0.3 is 10.5 Å². The first kappa shape index (κ1) is 9.17. The molecule has 0 bridgehead atoms. The normalized spacial score (nSPS) is 9.50. The number of nitrogens with two attached hydrogens (primary N) is 1. The van der Waals surface area contributed by atoms with Gasteiger partial charge in [-0.15, -0.1) is 0 Å². The standard InChI is InChI=1S/C6H6IN3O2/c1-12-6(11)5-9-2-3(7)4(8)10-5/h2H,1H3,(H2,8,9,10). The van der Waals surface area contributed by atoms with Crippen molar-refractivity contribution in [3.05, 3.63) is 15.6 Å². The Bertz CT molecular complexity index is 316. The summed E-state index contributed by atoms with van der Waals surface area (Å²) in [5.74, 6) is -0.320. The van der Waals surface area contributed by atoms with Crippen LogP contribution in [-0.4, -0.2) is 23.0 Å². The van der Waals surface area contributed by atoms with E-state index in [1.54, 1.807) is 0 Å². The van der Waals surface area contributed by atoms with Crippen molar-refractivity contribution in [3.8, 4) is 0 Å². The number of carbonyl (C=O) groups excluding carboxylic acids is 1. The summed E-state index contributed by atoms with van der Waals surface area (Å²) in [6.07, 6.45) is 1.47. The Labute approximate surface area is 82.5 Å². The van der Waals surface area contributed by atoms with Gasteiger partial charge in [-0.25, -0.2) is 14.8 Å². The Balaban J connectivity index is 3.05. The van der Waals surface area contributed by atoms with Crippen LogP contribution in [0.4, 0.5) is 5.82 Å². The first-order valence-corrected chi connectivity index (χ1v) is 4.09. The number of aromatic nitrogens is 2. The van der Waals surface area contributed by atoms with Crippen molar-refractivity contribution in [2.75, 3.05) is 12.8 Å². The number of anilines is 1. The minimum atomic E-state index is -0.585. The third-order valence-electron chi connectivity index (χ3n) is 1.14. The second-order valence-electron chi connectivity index (χ2n) is 1.92. The van der Waals surface area contributed by atoms with Gasteiger partial charge in [0.2, 0.25) is 5.82 Å². The molecular weight excluding hydrogens is 273 g/mol. The van der Waals surface area contributed by atoms with Crippen molar-refractivity contribution in [2.45, 2.75) is 0 Å². The maximum Gasteiger partial charge on any atom is 0.376 e. The van der Waals surface area contributed by atoms with Gasteiger partial charge in [0.15, 0.2) is 0 Å². The summed E-state index contributed by atoms with van der Waals surface area (Å²) in [7, 11) is 1.26. The van der Waals surface area contributed by atoms with Crippen LogP contribution in [0.15, 0.2) is 6.20 Å². The zero-order valence-corrected chi connectivity index (χ0v) is 8.40. The number of nitrogen functional groups attached to an aromatic ring is 1. The van der Waals surface area contributed by atoms with Gasteiger partial charge in [0.1, 0.15) is 5.82 Å². The minimum Gasteiger partial charge on any atom is -0.463 e. The second kappa shape index (κ2) is 3.65. The molecule has 12 heavy (non-hydrogen) atoms. The molecule has 6 heteroatoms. The lowest BCUT2D eigenvalue weighted by molar-refractivity contribution is 0.0587. The van der Waals surface area contributed by atoms with Crippen molar-refractivity contribution in [1.82, 2.24) is 9.97 Å². The van der Waals surface area contributed by atoms with Crippen molar-refractivity contribution < 1.29 is 9.53 Å². The molecule has 2 N–H and O–H groups in total. The van der Waals surface area contributed by atoms with Crippen LogP contribution in [-0.2, 0) is 4.74 Å². The van der Waals surface area contributed by atoms with Crippen LogP contribution in [0, 0.1) is 3.57 Å². The quantitative estimate of drug-likeness (QED) is 0.596. The van der Waals surface area contributed by atoms with Gasteiger partial charge in [0, 0.05) is 6.20 Å². The molecule has 1 aromatic rings. The molecule has 5 nitrogen and oxygen atoms in total.